The number of rotatable bonds is 3. The number of hydrogen-bond acceptors (Lipinski definition) is 3. The van der Waals surface area contributed by atoms with Crippen molar-refractivity contribution in [1.82, 2.24) is 4.98 Å². The van der Waals surface area contributed by atoms with Crippen molar-refractivity contribution < 1.29 is 17.9 Å². The number of pyridine rings is 1. The second-order valence-electron chi connectivity index (χ2n) is 3.05. The third kappa shape index (κ3) is 3.75. The van der Waals surface area contributed by atoms with Crippen molar-refractivity contribution in [2.24, 2.45) is 0 Å². The van der Waals surface area contributed by atoms with Gasteiger partial charge in [-0.05, 0) is 19.1 Å². The van der Waals surface area contributed by atoms with Gasteiger partial charge in [-0.2, -0.15) is 13.2 Å². The number of aromatic nitrogens is 1. The zero-order chi connectivity index (χ0) is 11.5. The molecule has 0 fully saturated rings. The number of nitrogens with zero attached hydrogens (tertiary/aromatic N) is 1. The maximum Gasteiger partial charge on any atom is 0.414 e. The van der Waals surface area contributed by atoms with Crippen LogP contribution in [-0.2, 0) is 11.3 Å². The van der Waals surface area contributed by atoms with Gasteiger partial charge in [-0.15, -0.1) is 0 Å². The summed E-state index contributed by atoms with van der Waals surface area (Å²) in [6.07, 6.45) is -6.15. The number of ether oxygens (including phenoxy) is 1. The molecule has 2 N–H and O–H groups in total. The van der Waals surface area contributed by atoms with Crippen molar-refractivity contribution in [3.8, 4) is 0 Å². The number of nitrogens with two attached hydrogens (primary N) is 1. The predicted molar refractivity (Wildman–Crippen MR) is 49.0 cm³/mol. The Hall–Kier alpha value is -1.30. The van der Waals surface area contributed by atoms with Crippen molar-refractivity contribution in [3.05, 3.63) is 23.9 Å². The molecule has 1 atom stereocenters. The summed E-state index contributed by atoms with van der Waals surface area (Å²) in [6.45, 7) is 0.748. The molecule has 0 saturated carbocycles. The van der Waals surface area contributed by atoms with E-state index in [0.717, 1.165) is 6.92 Å². The van der Waals surface area contributed by atoms with Crippen molar-refractivity contribution in [2.75, 3.05) is 5.73 Å². The maximum atomic E-state index is 12.1. The molecule has 0 saturated heterocycles. The van der Waals surface area contributed by atoms with E-state index in [4.69, 9.17) is 5.73 Å². The normalized spacial score (nSPS) is 13.9. The topological polar surface area (TPSA) is 48.1 Å². The lowest BCUT2D eigenvalue weighted by molar-refractivity contribution is -0.217. The lowest BCUT2D eigenvalue weighted by Gasteiger charge is -2.15. The fourth-order valence-electron chi connectivity index (χ4n) is 0.883. The molecular formula is C9H11F3N2O. The van der Waals surface area contributed by atoms with Gasteiger partial charge in [-0.3, -0.25) is 0 Å². The Morgan fingerprint density at radius 2 is 2.13 bits per heavy atom. The van der Waals surface area contributed by atoms with Crippen LogP contribution in [0, 0.1) is 0 Å². The van der Waals surface area contributed by atoms with Gasteiger partial charge >= 0.3 is 6.18 Å². The van der Waals surface area contributed by atoms with Crippen molar-refractivity contribution >= 4 is 5.82 Å². The van der Waals surface area contributed by atoms with Crippen molar-refractivity contribution in [3.63, 3.8) is 0 Å². The first-order chi connectivity index (χ1) is 6.89. The fraction of sp³-hybridized carbons (Fsp3) is 0.444. The van der Waals surface area contributed by atoms with E-state index in [1.807, 2.05) is 0 Å². The molecule has 1 unspecified atom stereocenters. The monoisotopic (exact) mass is 220 g/mol. The summed E-state index contributed by atoms with van der Waals surface area (Å²) in [5.74, 6) is 0.260. The number of alkyl halides is 3. The first kappa shape index (κ1) is 11.8. The Morgan fingerprint density at radius 3 is 2.67 bits per heavy atom. The first-order valence-electron chi connectivity index (χ1n) is 4.29. The van der Waals surface area contributed by atoms with Gasteiger partial charge < -0.3 is 10.5 Å². The van der Waals surface area contributed by atoms with Gasteiger partial charge in [-0.25, -0.2) is 4.98 Å². The van der Waals surface area contributed by atoms with E-state index in [0.29, 0.717) is 5.69 Å². The number of hydrogen-bond donors (Lipinski definition) is 1. The highest BCUT2D eigenvalue weighted by molar-refractivity contribution is 5.28. The number of anilines is 1. The molecule has 1 aromatic heterocycles. The zero-order valence-electron chi connectivity index (χ0n) is 8.08. The van der Waals surface area contributed by atoms with Crippen LogP contribution in [0.1, 0.15) is 12.6 Å². The molecule has 15 heavy (non-hydrogen) atoms. The van der Waals surface area contributed by atoms with E-state index in [-0.39, 0.29) is 12.4 Å². The van der Waals surface area contributed by atoms with E-state index in [9.17, 15) is 13.2 Å². The molecule has 1 rings (SSSR count). The fourth-order valence-corrected chi connectivity index (χ4v) is 0.883. The van der Waals surface area contributed by atoms with Crippen LogP contribution in [-0.4, -0.2) is 17.3 Å². The summed E-state index contributed by atoms with van der Waals surface area (Å²) in [5.41, 5.74) is 5.74. The van der Waals surface area contributed by atoms with Crippen LogP contribution in [0.25, 0.3) is 0 Å². The van der Waals surface area contributed by atoms with Crippen LogP contribution in [0.5, 0.6) is 0 Å². The van der Waals surface area contributed by atoms with Gasteiger partial charge in [-0.1, -0.05) is 6.07 Å². The molecule has 1 aromatic rings. The Labute approximate surface area is 85.1 Å². The van der Waals surface area contributed by atoms with Crippen LogP contribution in [0.2, 0.25) is 0 Å². The molecule has 3 nitrogen and oxygen atoms in total. The average Bonchev–Trinajstić information content (AvgIpc) is 2.12. The molecule has 1 heterocycles. The van der Waals surface area contributed by atoms with Crippen LogP contribution in [0.3, 0.4) is 0 Å². The van der Waals surface area contributed by atoms with E-state index < -0.39 is 12.3 Å². The van der Waals surface area contributed by atoms with Crippen LogP contribution >= 0.6 is 0 Å². The maximum absolute atomic E-state index is 12.1. The summed E-state index contributed by atoms with van der Waals surface area (Å²) in [7, 11) is 0. The van der Waals surface area contributed by atoms with Crippen molar-refractivity contribution in [2.45, 2.75) is 25.8 Å². The minimum atomic E-state index is -4.35. The van der Waals surface area contributed by atoms with E-state index in [2.05, 4.69) is 9.72 Å². The molecule has 0 aliphatic rings. The van der Waals surface area contributed by atoms with Crippen LogP contribution in [0.15, 0.2) is 18.2 Å². The Morgan fingerprint density at radius 1 is 1.47 bits per heavy atom. The van der Waals surface area contributed by atoms with E-state index >= 15 is 0 Å². The summed E-state index contributed by atoms with van der Waals surface area (Å²) in [6, 6.07) is 4.72. The molecule has 0 amide bonds. The lowest BCUT2D eigenvalue weighted by atomic mass is 10.3. The predicted octanol–water partition coefficient (Wildman–Crippen LogP) is 2.13. The lowest BCUT2D eigenvalue weighted by Crippen LogP contribution is -2.28. The molecule has 0 bridgehead atoms. The highest BCUT2D eigenvalue weighted by atomic mass is 19.4. The smallest absolute Gasteiger partial charge is 0.384 e. The minimum Gasteiger partial charge on any atom is -0.384 e. The molecule has 0 aliphatic carbocycles. The highest BCUT2D eigenvalue weighted by Gasteiger charge is 2.36. The molecule has 0 spiro atoms. The van der Waals surface area contributed by atoms with E-state index in [1.165, 1.54) is 0 Å². The molecular weight excluding hydrogens is 209 g/mol. The Bertz CT molecular complexity index is 327. The second-order valence-corrected chi connectivity index (χ2v) is 3.05. The first-order valence-corrected chi connectivity index (χ1v) is 4.29. The van der Waals surface area contributed by atoms with Gasteiger partial charge in [0.25, 0.3) is 0 Å². The van der Waals surface area contributed by atoms with Gasteiger partial charge in [0.2, 0.25) is 0 Å². The summed E-state index contributed by atoms with van der Waals surface area (Å²) >= 11 is 0. The summed E-state index contributed by atoms with van der Waals surface area (Å²) < 4.78 is 40.8. The number of halogens is 3. The van der Waals surface area contributed by atoms with Gasteiger partial charge in [0, 0.05) is 0 Å². The SMILES string of the molecule is CC(OCc1cccc(N)n1)C(F)(F)F. The molecule has 6 heteroatoms. The molecule has 0 radical (unpaired) electrons. The average molecular weight is 220 g/mol. The van der Waals surface area contributed by atoms with Crippen LogP contribution in [0.4, 0.5) is 19.0 Å². The molecule has 84 valence electrons. The minimum absolute atomic E-state index is 0.203. The van der Waals surface area contributed by atoms with Gasteiger partial charge in [0.1, 0.15) is 5.82 Å². The Kier molecular flexibility index (Phi) is 3.52. The summed E-state index contributed by atoms with van der Waals surface area (Å²) in [4.78, 5) is 3.81. The molecule has 0 aromatic carbocycles. The third-order valence-electron chi connectivity index (χ3n) is 1.77. The van der Waals surface area contributed by atoms with Gasteiger partial charge in [0.15, 0.2) is 6.10 Å². The highest BCUT2D eigenvalue weighted by Crippen LogP contribution is 2.23. The van der Waals surface area contributed by atoms with Crippen molar-refractivity contribution in [1.29, 1.82) is 0 Å². The van der Waals surface area contributed by atoms with Crippen LogP contribution < -0.4 is 5.73 Å². The Balaban J connectivity index is 2.51. The number of nitrogen functional groups attached to an aromatic ring is 1. The quantitative estimate of drug-likeness (QED) is 0.848. The summed E-state index contributed by atoms with van der Waals surface area (Å²) in [5, 5.41) is 0. The third-order valence-corrected chi connectivity index (χ3v) is 1.77. The second kappa shape index (κ2) is 4.48. The zero-order valence-corrected chi connectivity index (χ0v) is 8.08. The standard InChI is InChI=1S/C9H11F3N2O/c1-6(9(10,11)12)15-5-7-3-2-4-8(13)14-7/h2-4,6H,5H2,1H3,(H2,13,14). The molecule has 0 aliphatic heterocycles. The largest absolute Gasteiger partial charge is 0.414 e. The van der Waals surface area contributed by atoms with Gasteiger partial charge in [0.05, 0.1) is 12.3 Å². The van der Waals surface area contributed by atoms with E-state index in [1.54, 1.807) is 18.2 Å².